The second-order valence-electron chi connectivity index (χ2n) is 5.84. The predicted molar refractivity (Wildman–Crippen MR) is 84.9 cm³/mol. The van der Waals surface area contributed by atoms with Crippen molar-refractivity contribution in [3.05, 3.63) is 54.0 Å². The van der Waals surface area contributed by atoms with Gasteiger partial charge >= 0.3 is 0 Å². The van der Waals surface area contributed by atoms with E-state index in [1.165, 1.54) is 0 Å². The fourth-order valence-electron chi connectivity index (χ4n) is 2.83. The van der Waals surface area contributed by atoms with Gasteiger partial charge in [-0.15, -0.1) is 0 Å². The molecule has 1 aromatic carbocycles. The number of furan rings is 1. The van der Waals surface area contributed by atoms with Gasteiger partial charge in [0.1, 0.15) is 11.5 Å². The number of amides is 1. The molecule has 1 aromatic heterocycles. The Hall–Kier alpha value is -2.27. The molecular weight excluding hydrogens is 294 g/mol. The van der Waals surface area contributed by atoms with Crippen LogP contribution in [0, 0.1) is 0 Å². The number of nitrogens with zero attached hydrogens (tertiary/aromatic N) is 1. The molecule has 2 aromatic rings. The SMILES string of the molecule is O=C(Cc1cccc(O)c1)N(Cc1ccco1)CC1CCCO1. The molecule has 3 rings (SSSR count). The normalized spacial score (nSPS) is 17.3. The first-order valence-electron chi connectivity index (χ1n) is 7.90. The molecule has 0 spiro atoms. The summed E-state index contributed by atoms with van der Waals surface area (Å²) in [7, 11) is 0. The Labute approximate surface area is 135 Å². The Morgan fingerprint density at radius 1 is 1.30 bits per heavy atom. The van der Waals surface area contributed by atoms with Crippen LogP contribution in [0.3, 0.4) is 0 Å². The van der Waals surface area contributed by atoms with E-state index in [-0.39, 0.29) is 24.2 Å². The fourth-order valence-corrected chi connectivity index (χ4v) is 2.83. The van der Waals surface area contributed by atoms with Crippen LogP contribution in [0.4, 0.5) is 0 Å². The summed E-state index contributed by atoms with van der Waals surface area (Å²) in [6, 6.07) is 10.5. The van der Waals surface area contributed by atoms with E-state index in [2.05, 4.69) is 0 Å². The summed E-state index contributed by atoms with van der Waals surface area (Å²) in [5, 5.41) is 9.54. The summed E-state index contributed by atoms with van der Waals surface area (Å²) in [5.41, 5.74) is 0.798. The summed E-state index contributed by atoms with van der Waals surface area (Å²) in [6.45, 7) is 1.77. The molecule has 0 aliphatic carbocycles. The number of carbonyl (C=O) groups excluding carboxylic acids is 1. The maximum Gasteiger partial charge on any atom is 0.227 e. The number of phenols is 1. The van der Waals surface area contributed by atoms with E-state index in [1.807, 2.05) is 18.2 Å². The highest BCUT2D eigenvalue weighted by Gasteiger charge is 2.23. The van der Waals surface area contributed by atoms with Crippen molar-refractivity contribution in [3.63, 3.8) is 0 Å². The average Bonchev–Trinajstić information content (AvgIpc) is 3.20. The Kier molecular flexibility index (Phi) is 4.98. The lowest BCUT2D eigenvalue weighted by Gasteiger charge is -2.24. The number of benzene rings is 1. The van der Waals surface area contributed by atoms with Gasteiger partial charge in [0.25, 0.3) is 0 Å². The standard InChI is InChI=1S/C18H21NO4/c20-15-5-1-4-14(10-15)11-18(21)19(12-16-6-2-8-22-16)13-17-7-3-9-23-17/h1-2,4-6,8,10,17,20H,3,7,9,11-13H2. The first-order valence-corrected chi connectivity index (χ1v) is 7.90. The molecule has 0 saturated carbocycles. The molecule has 5 nitrogen and oxygen atoms in total. The van der Waals surface area contributed by atoms with Crippen LogP contribution in [-0.2, 0) is 22.5 Å². The highest BCUT2D eigenvalue weighted by atomic mass is 16.5. The molecule has 2 heterocycles. The second-order valence-corrected chi connectivity index (χ2v) is 5.84. The van der Waals surface area contributed by atoms with E-state index in [0.29, 0.717) is 13.1 Å². The molecule has 1 unspecified atom stereocenters. The average molecular weight is 315 g/mol. The molecule has 122 valence electrons. The monoisotopic (exact) mass is 315 g/mol. The number of hydrogen-bond donors (Lipinski definition) is 1. The van der Waals surface area contributed by atoms with Crippen LogP contribution in [0.5, 0.6) is 5.75 Å². The lowest BCUT2D eigenvalue weighted by molar-refractivity contribution is -0.133. The predicted octanol–water partition coefficient (Wildman–Crippen LogP) is 2.74. The van der Waals surface area contributed by atoms with Crippen molar-refractivity contribution in [1.29, 1.82) is 0 Å². The second kappa shape index (κ2) is 7.33. The first kappa shape index (κ1) is 15.6. The van der Waals surface area contributed by atoms with Crippen LogP contribution >= 0.6 is 0 Å². The zero-order chi connectivity index (χ0) is 16.1. The number of hydrogen-bond acceptors (Lipinski definition) is 4. The molecular formula is C18H21NO4. The highest BCUT2D eigenvalue weighted by molar-refractivity contribution is 5.78. The minimum Gasteiger partial charge on any atom is -0.508 e. The zero-order valence-electron chi connectivity index (χ0n) is 13.0. The Balaban J connectivity index is 1.68. The van der Waals surface area contributed by atoms with E-state index >= 15 is 0 Å². The van der Waals surface area contributed by atoms with E-state index < -0.39 is 0 Å². The van der Waals surface area contributed by atoms with E-state index in [0.717, 1.165) is 30.8 Å². The Morgan fingerprint density at radius 3 is 2.91 bits per heavy atom. The van der Waals surface area contributed by atoms with Gasteiger partial charge < -0.3 is 19.2 Å². The van der Waals surface area contributed by atoms with Gasteiger partial charge in [0.05, 0.1) is 25.3 Å². The van der Waals surface area contributed by atoms with Crippen molar-refractivity contribution in [2.24, 2.45) is 0 Å². The molecule has 0 radical (unpaired) electrons. The lowest BCUT2D eigenvalue weighted by Crippen LogP contribution is -2.37. The fraction of sp³-hybridized carbons (Fsp3) is 0.389. The van der Waals surface area contributed by atoms with Crippen molar-refractivity contribution in [3.8, 4) is 5.75 Å². The molecule has 1 saturated heterocycles. The van der Waals surface area contributed by atoms with Crippen molar-refractivity contribution >= 4 is 5.91 Å². The quantitative estimate of drug-likeness (QED) is 0.890. The van der Waals surface area contributed by atoms with Crippen molar-refractivity contribution in [1.82, 2.24) is 4.90 Å². The molecule has 23 heavy (non-hydrogen) atoms. The highest BCUT2D eigenvalue weighted by Crippen LogP contribution is 2.17. The molecule has 5 heteroatoms. The van der Waals surface area contributed by atoms with Gasteiger partial charge in [-0.25, -0.2) is 0 Å². The zero-order valence-corrected chi connectivity index (χ0v) is 13.0. The van der Waals surface area contributed by atoms with Gasteiger partial charge in [0.15, 0.2) is 0 Å². The van der Waals surface area contributed by atoms with Gasteiger partial charge in [0, 0.05) is 13.2 Å². The summed E-state index contributed by atoms with van der Waals surface area (Å²) in [5.74, 6) is 0.932. The van der Waals surface area contributed by atoms with Crippen molar-refractivity contribution < 1.29 is 19.1 Å². The molecule has 1 aliphatic heterocycles. The smallest absolute Gasteiger partial charge is 0.227 e. The largest absolute Gasteiger partial charge is 0.508 e. The topological polar surface area (TPSA) is 62.9 Å². The summed E-state index contributed by atoms with van der Waals surface area (Å²) >= 11 is 0. The van der Waals surface area contributed by atoms with Gasteiger partial charge in [-0.2, -0.15) is 0 Å². The van der Waals surface area contributed by atoms with Crippen LogP contribution in [0.1, 0.15) is 24.2 Å². The first-order chi connectivity index (χ1) is 11.2. The summed E-state index contributed by atoms with van der Waals surface area (Å²) < 4.78 is 11.0. The number of rotatable bonds is 6. The van der Waals surface area contributed by atoms with Crippen LogP contribution in [0.25, 0.3) is 0 Å². The maximum atomic E-state index is 12.7. The molecule has 1 amide bonds. The van der Waals surface area contributed by atoms with Gasteiger partial charge in [-0.1, -0.05) is 12.1 Å². The number of aromatic hydroxyl groups is 1. The summed E-state index contributed by atoms with van der Waals surface area (Å²) in [4.78, 5) is 14.5. The van der Waals surface area contributed by atoms with Crippen LogP contribution in [0.2, 0.25) is 0 Å². The van der Waals surface area contributed by atoms with Gasteiger partial charge in [-0.05, 0) is 42.7 Å². The van der Waals surface area contributed by atoms with E-state index in [9.17, 15) is 9.90 Å². The van der Waals surface area contributed by atoms with Crippen LogP contribution < -0.4 is 0 Å². The molecule has 1 aliphatic rings. The van der Waals surface area contributed by atoms with Crippen LogP contribution in [-0.4, -0.2) is 35.2 Å². The number of ether oxygens (including phenoxy) is 1. The maximum absolute atomic E-state index is 12.7. The third-order valence-electron chi connectivity index (χ3n) is 3.99. The van der Waals surface area contributed by atoms with Crippen molar-refractivity contribution in [2.75, 3.05) is 13.2 Å². The molecule has 1 N–H and O–H groups in total. The van der Waals surface area contributed by atoms with Gasteiger partial charge in [-0.3, -0.25) is 4.79 Å². The van der Waals surface area contributed by atoms with E-state index in [1.54, 1.807) is 29.4 Å². The Morgan fingerprint density at radius 2 is 2.22 bits per heavy atom. The third kappa shape index (κ3) is 4.36. The minimum atomic E-state index is 0.00231. The number of carbonyl (C=O) groups is 1. The van der Waals surface area contributed by atoms with Gasteiger partial charge in [0.2, 0.25) is 5.91 Å². The number of phenolic OH excluding ortho intramolecular Hbond substituents is 1. The van der Waals surface area contributed by atoms with Crippen LogP contribution in [0.15, 0.2) is 47.1 Å². The minimum absolute atomic E-state index is 0.00231. The molecule has 0 bridgehead atoms. The third-order valence-corrected chi connectivity index (χ3v) is 3.99. The Bertz CT molecular complexity index is 632. The summed E-state index contributed by atoms with van der Waals surface area (Å²) in [6.07, 6.45) is 3.98. The van der Waals surface area contributed by atoms with Crippen molar-refractivity contribution in [2.45, 2.75) is 31.9 Å². The molecule has 1 atom stereocenters. The van der Waals surface area contributed by atoms with E-state index in [4.69, 9.17) is 9.15 Å². The lowest BCUT2D eigenvalue weighted by atomic mass is 10.1. The molecule has 1 fully saturated rings.